The van der Waals surface area contributed by atoms with Crippen LogP contribution in [0, 0.1) is 5.92 Å². The lowest BCUT2D eigenvalue weighted by Crippen LogP contribution is -2.63. The lowest BCUT2D eigenvalue weighted by atomic mass is 9.89. The minimum atomic E-state index is -1.49. The fraction of sp³-hybridized carbons (Fsp3) is 0.486. The van der Waals surface area contributed by atoms with E-state index >= 15 is 0 Å². The van der Waals surface area contributed by atoms with Gasteiger partial charge in [-0.05, 0) is 49.3 Å². The van der Waals surface area contributed by atoms with Crippen LogP contribution in [0.4, 0.5) is 0 Å². The maximum absolute atomic E-state index is 13.5. The maximum atomic E-state index is 13.5. The van der Waals surface area contributed by atoms with Crippen molar-refractivity contribution in [2.24, 2.45) is 5.92 Å². The second-order valence-corrected chi connectivity index (χ2v) is 12.7. The number of esters is 4. The van der Waals surface area contributed by atoms with E-state index in [1.807, 2.05) is 30.3 Å². The first-order valence-corrected chi connectivity index (χ1v) is 16.8. The molecule has 14 nitrogen and oxygen atoms in total. The molecule has 14 heteroatoms. The molecule has 0 unspecified atom stereocenters. The number of hydrogen-bond donors (Lipinski definition) is 0. The highest BCUT2D eigenvalue weighted by Gasteiger charge is 2.53. The van der Waals surface area contributed by atoms with Crippen LogP contribution in [0.1, 0.15) is 65.9 Å². The zero-order valence-corrected chi connectivity index (χ0v) is 29.1. The SMILES string of the molecule is CC(=O)OC[C@H]1O[C@@H](Oc2ccc3c(OCc4ccccc4)c(OC4CCC(C)CC4)c(=O)oc3c2)[C@H](OC(C)=O)[C@@H](OC(C)=O)[C@H]1OC(C)=O. The molecule has 0 bridgehead atoms. The summed E-state index contributed by atoms with van der Waals surface area (Å²) >= 11 is 0. The van der Waals surface area contributed by atoms with Crippen molar-refractivity contribution in [2.45, 2.75) is 104 Å². The van der Waals surface area contributed by atoms with Crippen molar-refractivity contribution in [3.05, 3.63) is 64.5 Å². The lowest BCUT2D eigenvalue weighted by Gasteiger charge is -2.43. The first-order chi connectivity index (χ1) is 24.4. The van der Waals surface area contributed by atoms with Crippen LogP contribution in [0.3, 0.4) is 0 Å². The van der Waals surface area contributed by atoms with Crippen LogP contribution in [-0.4, -0.2) is 67.3 Å². The second kappa shape index (κ2) is 16.7. The molecule has 2 heterocycles. The van der Waals surface area contributed by atoms with Crippen LogP contribution in [0.5, 0.6) is 17.2 Å². The molecule has 274 valence electrons. The number of benzene rings is 2. The van der Waals surface area contributed by atoms with Gasteiger partial charge in [0.25, 0.3) is 0 Å². The Balaban J connectivity index is 1.51. The second-order valence-electron chi connectivity index (χ2n) is 12.7. The van der Waals surface area contributed by atoms with Gasteiger partial charge in [0.05, 0.1) is 11.5 Å². The topological polar surface area (TPSA) is 172 Å². The fourth-order valence-corrected chi connectivity index (χ4v) is 6.12. The van der Waals surface area contributed by atoms with Crippen molar-refractivity contribution in [2.75, 3.05) is 6.61 Å². The molecular formula is C37H42O14. The Morgan fingerprint density at radius 2 is 1.39 bits per heavy atom. The molecule has 1 aliphatic heterocycles. The summed E-state index contributed by atoms with van der Waals surface area (Å²) < 4.78 is 52.0. The number of ether oxygens (including phenoxy) is 8. The molecule has 0 amide bonds. The third-order valence-electron chi connectivity index (χ3n) is 8.47. The molecule has 0 radical (unpaired) electrons. The van der Waals surface area contributed by atoms with Gasteiger partial charge >= 0.3 is 29.5 Å². The molecule has 2 aromatic carbocycles. The number of carbonyl (C=O) groups excluding carboxylic acids is 4. The van der Waals surface area contributed by atoms with Crippen molar-refractivity contribution in [1.82, 2.24) is 0 Å². The van der Waals surface area contributed by atoms with Crippen molar-refractivity contribution < 1.29 is 61.5 Å². The summed E-state index contributed by atoms with van der Waals surface area (Å²) in [6.45, 7) is 6.48. The quantitative estimate of drug-likeness (QED) is 0.143. The normalized spacial score (nSPS) is 24.5. The minimum absolute atomic E-state index is 0.0220. The third-order valence-corrected chi connectivity index (χ3v) is 8.47. The number of rotatable bonds is 12. The van der Waals surface area contributed by atoms with E-state index in [-0.39, 0.29) is 35.5 Å². The molecule has 0 spiro atoms. The molecule has 1 saturated heterocycles. The maximum Gasteiger partial charge on any atom is 0.383 e. The minimum Gasteiger partial charge on any atom is -0.484 e. The molecule has 1 aliphatic carbocycles. The van der Waals surface area contributed by atoms with E-state index in [1.165, 1.54) is 13.0 Å². The van der Waals surface area contributed by atoms with Gasteiger partial charge in [-0.25, -0.2) is 4.79 Å². The van der Waals surface area contributed by atoms with Gasteiger partial charge in [-0.15, -0.1) is 0 Å². The lowest BCUT2D eigenvalue weighted by molar-refractivity contribution is -0.288. The van der Waals surface area contributed by atoms with E-state index in [2.05, 4.69) is 6.92 Å². The first-order valence-electron chi connectivity index (χ1n) is 16.8. The largest absolute Gasteiger partial charge is 0.484 e. The Kier molecular flexibility index (Phi) is 12.2. The van der Waals surface area contributed by atoms with Crippen LogP contribution >= 0.6 is 0 Å². The predicted octanol–water partition coefficient (Wildman–Crippen LogP) is 4.79. The summed E-state index contributed by atoms with van der Waals surface area (Å²) in [5.74, 6) is -2.11. The summed E-state index contributed by atoms with van der Waals surface area (Å²) in [4.78, 5) is 61.7. The highest BCUT2D eigenvalue weighted by molar-refractivity contribution is 5.86. The zero-order valence-electron chi connectivity index (χ0n) is 29.1. The van der Waals surface area contributed by atoms with Crippen molar-refractivity contribution in [3.63, 3.8) is 0 Å². The highest BCUT2D eigenvalue weighted by atomic mass is 16.7. The highest BCUT2D eigenvalue weighted by Crippen LogP contribution is 2.38. The van der Waals surface area contributed by atoms with Gasteiger partial charge in [-0.2, -0.15) is 0 Å². The van der Waals surface area contributed by atoms with E-state index < -0.39 is 66.8 Å². The van der Waals surface area contributed by atoms with Crippen molar-refractivity contribution >= 4 is 34.8 Å². The Bertz CT molecular complexity index is 1760. The molecule has 1 saturated carbocycles. The van der Waals surface area contributed by atoms with Gasteiger partial charge in [0.1, 0.15) is 30.7 Å². The van der Waals surface area contributed by atoms with E-state index in [9.17, 15) is 24.0 Å². The monoisotopic (exact) mass is 710 g/mol. The predicted molar refractivity (Wildman–Crippen MR) is 178 cm³/mol. The summed E-state index contributed by atoms with van der Waals surface area (Å²) in [7, 11) is 0. The molecule has 2 aliphatic rings. The molecule has 2 fully saturated rings. The molecule has 0 N–H and O–H groups in total. The molecule has 5 rings (SSSR count). The Hall–Kier alpha value is -5.11. The molecule has 3 aromatic rings. The smallest absolute Gasteiger partial charge is 0.383 e. The van der Waals surface area contributed by atoms with Crippen LogP contribution in [-0.2, 0) is 49.5 Å². The first kappa shape index (κ1) is 37.2. The van der Waals surface area contributed by atoms with E-state index in [0.717, 1.165) is 52.0 Å². The summed E-state index contributed by atoms with van der Waals surface area (Å²) in [6.07, 6.45) is -3.56. The van der Waals surface area contributed by atoms with E-state index in [4.69, 9.17) is 42.3 Å². The Morgan fingerprint density at radius 1 is 0.745 bits per heavy atom. The average molecular weight is 711 g/mol. The van der Waals surface area contributed by atoms with Crippen molar-refractivity contribution in [3.8, 4) is 17.2 Å². The Labute approximate surface area is 294 Å². The number of hydrogen-bond acceptors (Lipinski definition) is 14. The number of fused-ring (bicyclic) bond motifs is 1. The summed E-state index contributed by atoms with van der Waals surface area (Å²) in [5.41, 5.74) is 0.226. The fourth-order valence-electron chi connectivity index (χ4n) is 6.12. The van der Waals surface area contributed by atoms with Crippen LogP contribution in [0.25, 0.3) is 11.0 Å². The van der Waals surface area contributed by atoms with E-state index in [0.29, 0.717) is 11.3 Å². The zero-order chi connectivity index (χ0) is 36.7. The van der Waals surface area contributed by atoms with Gasteiger partial charge in [-0.3, -0.25) is 19.2 Å². The third kappa shape index (κ3) is 9.78. The molecule has 51 heavy (non-hydrogen) atoms. The van der Waals surface area contributed by atoms with Gasteiger partial charge in [0, 0.05) is 33.8 Å². The van der Waals surface area contributed by atoms with Gasteiger partial charge in [0.15, 0.2) is 18.0 Å². The standard InChI is InChI=1S/C37H42O14/c1-20-11-13-26(14-12-20)48-34-31(44-18-25-9-7-6-8-10-25)28-16-15-27(17-29(28)50-36(34)42)49-37-35(47-24(5)41)33(46-23(4)40)32(45-22(3)39)30(51-37)19-43-21(2)38/h6-10,15-17,20,26,30,32-33,35,37H,11-14,18-19H2,1-5H3/t20?,26?,30-,32+,33+,35-,37-/m1/s1. The summed E-state index contributed by atoms with van der Waals surface area (Å²) in [6, 6.07) is 14.1. The number of carbonyl (C=O) groups is 4. The molecular weight excluding hydrogens is 668 g/mol. The van der Waals surface area contributed by atoms with Crippen molar-refractivity contribution in [1.29, 1.82) is 0 Å². The summed E-state index contributed by atoms with van der Waals surface area (Å²) in [5, 5.41) is 0.429. The van der Waals surface area contributed by atoms with Gasteiger partial charge in [-0.1, -0.05) is 37.3 Å². The van der Waals surface area contributed by atoms with E-state index in [1.54, 1.807) is 12.1 Å². The van der Waals surface area contributed by atoms with Gasteiger partial charge < -0.3 is 42.3 Å². The average Bonchev–Trinajstić information content (AvgIpc) is 3.07. The van der Waals surface area contributed by atoms with Crippen LogP contribution < -0.4 is 19.8 Å². The van der Waals surface area contributed by atoms with Crippen LogP contribution in [0.2, 0.25) is 0 Å². The Morgan fingerprint density at radius 3 is 2.04 bits per heavy atom. The molecule has 5 atom stereocenters. The van der Waals surface area contributed by atoms with Crippen LogP contribution in [0.15, 0.2) is 57.7 Å². The molecule has 1 aromatic heterocycles. The van der Waals surface area contributed by atoms with Gasteiger partial charge in [0.2, 0.25) is 18.1 Å².